The first kappa shape index (κ1) is 21.3. The van der Waals surface area contributed by atoms with Gasteiger partial charge in [0.1, 0.15) is 0 Å². The van der Waals surface area contributed by atoms with Crippen LogP contribution in [0, 0.1) is 13.8 Å². The lowest BCUT2D eigenvalue weighted by Crippen LogP contribution is -2.13. The molecule has 0 N–H and O–H groups in total. The quantitative estimate of drug-likeness (QED) is 0.371. The standard InChI is InChI=1S/C22H27NO5/c1-6-23-15(3)12-18(16(23)4)19(24)14-28-22(25)11-9-17-8-10-20(27-7-2)21(13-17)26-5/h8-13H,6-7,14H2,1-5H3/b11-9+. The van der Waals surface area contributed by atoms with Gasteiger partial charge in [-0.25, -0.2) is 4.79 Å². The lowest BCUT2D eigenvalue weighted by atomic mass is 10.1. The number of Topliss-reactive ketones (excluding diaryl/α,β-unsaturated/α-hetero) is 1. The molecule has 0 unspecified atom stereocenters. The van der Waals surface area contributed by atoms with Crippen LogP contribution in [-0.2, 0) is 16.1 Å². The molecule has 150 valence electrons. The number of methoxy groups -OCH3 is 1. The van der Waals surface area contributed by atoms with Gasteiger partial charge in [0.2, 0.25) is 5.78 Å². The number of carbonyl (C=O) groups is 2. The van der Waals surface area contributed by atoms with Crippen LogP contribution in [0.5, 0.6) is 11.5 Å². The molecule has 0 aliphatic rings. The summed E-state index contributed by atoms with van der Waals surface area (Å²) in [7, 11) is 1.56. The van der Waals surface area contributed by atoms with E-state index in [1.165, 1.54) is 6.08 Å². The first-order chi connectivity index (χ1) is 13.4. The van der Waals surface area contributed by atoms with Crippen LogP contribution in [-0.4, -0.2) is 36.6 Å². The summed E-state index contributed by atoms with van der Waals surface area (Å²) >= 11 is 0. The molecule has 1 aromatic carbocycles. The number of hydrogen-bond acceptors (Lipinski definition) is 5. The van der Waals surface area contributed by atoms with Crippen LogP contribution >= 0.6 is 0 Å². The largest absolute Gasteiger partial charge is 0.493 e. The monoisotopic (exact) mass is 385 g/mol. The van der Waals surface area contributed by atoms with E-state index in [-0.39, 0.29) is 12.4 Å². The van der Waals surface area contributed by atoms with Gasteiger partial charge in [0.15, 0.2) is 18.1 Å². The average molecular weight is 385 g/mol. The van der Waals surface area contributed by atoms with Crippen molar-refractivity contribution in [3.8, 4) is 11.5 Å². The zero-order valence-electron chi connectivity index (χ0n) is 17.1. The van der Waals surface area contributed by atoms with Gasteiger partial charge in [0, 0.05) is 29.6 Å². The predicted molar refractivity (Wildman–Crippen MR) is 108 cm³/mol. The fourth-order valence-electron chi connectivity index (χ4n) is 3.06. The Bertz CT molecular complexity index is 879. The van der Waals surface area contributed by atoms with Crippen LogP contribution in [0.4, 0.5) is 0 Å². The zero-order chi connectivity index (χ0) is 20.7. The molecule has 0 spiro atoms. The zero-order valence-corrected chi connectivity index (χ0v) is 17.1. The minimum Gasteiger partial charge on any atom is -0.493 e. The molecule has 0 fully saturated rings. The number of ketones is 1. The van der Waals surface area contributed by atoms with Gasteiger partial charge in [0.25, 0.3) is 0 Å². The van der Waals surface area contributed by atoms with Crippen molar-refractivity contribution >= 4 is 17.8 Å². The van der Waals surface area contributed by atoms with E-state index in [0.717, 1.165) is 23.5 Å². The highest BCUT2D eigenvalue weighted by Crippen LogP contribution is 2.28. The summed E-state index contributed by atoms with van der Waals surface area (Å²) in [6.45, 7) is 8.80. The predicted octanol–water partition coefficient (Wildman–Crippen LogP) is 3.97. The van der Waals surface area contributed by atoms with Gasteiger partial charge >= 0.3 is 5.97 Å². The van der Waals surface area contributed by atoms with E-state index < -0.39 is 5.97 Å². The van der Waals surface area contributed by atoms with Crippen LogP contribution in [0.1, 0.15) is 41.2 Å². The molecule has 0 atom stereocenters. The Morgan fingerprint density at radius 3 is 2.46 bits per heavy atom. The summed E-state index contributed by atoms with van der Waals surface area (Å²) in [5, 5.41) is 0. The topological polar surface area (TPSA) is 66.8 Å². The fraction of sp³-hybridized carbons (Fsp3) is 0.364. The second-order valence-corrected chi connectivity index (χ2v) is 6.24. The molecule has 1 aromatic heterocycles. The first-order valence-corrected chi connectivity index (χ1v) is 9.26. The van der Waals surface area contributed by atoms with Crippen molar-refractivity contribution in [3.05, 3.63) is 52.9 Å². The Balaban J connectivity index is 1.98. The van der Waals surface area contributed by atoms with Crippen LogP contribution in [0.15, 0.2) is 30.3 Å². The Kier molecular flexibility index (Phi) is 7.44. The highest BCUT2D eigenvalue weighted by atomic mass is 16.5. The number of carbonyl (C=O) groups excluding carboxylic acids is 2. The second-order valence-electron chi connectivity index (χ2n) is 6.24. The van der Waals surface area contributed by atoms with Crippen molar-refractivity contribution in [2.45, 2.75) is 34.2 Å². The van der Waals surface area contributed by atoms with Gasteiger partial charge in [-0.3, -0.25) is 4.79 Å². The van der Waals surface area contributed by atoms with Crippen LogP contribution < -0.4 is 9.47 Å². The third-order valence-corrected chi connectivity index (χ3v) is 4.44. The smallest absolute Gasteiger partial charge is 0.331 e. The molecular formula is C22H27NO5. The van der Waals surface area contributed by atoms with Gasteiger partial charge in [0.05, 0.1) is 13.7 Å². The maximum absolute atomic E-state index is 12.4. The molecule has 0 aliphatic carbocycles. The van der Waals surface area contributed by atoms with Gasteiger partial charge < -0.3 is 18.8 Å². The van der Waals surface area contributed by atoms with Crippen molar-refractivity contribution in [2.75, 3.05) is 20.3 Å². The third-order valence-electron chi connectivity index (χ3n) is 4.44. The van der Waals surface area contributed by atoms with Crippen LogP contribution in [0.3, 0.4) is 0 Å². The van der Waals surface area contributed by atoms with E-state index in [1.807, 2.05) is 44.4 Å². The van der Waals surface area contributed by atoms with Crippen molar-refractivity contribution in [2.24, 2.45) is 0 Å². The lowest BCUT2D eigenvalue weighted by Gasteiger charge is -2.09. The summed E-state index contributed by atoms with van der Waals surface area (Å²) in [5.41, 5.74) is 3.25. The molecule has 0 amide bonds. The molecule has 2 rings (SSSR count). The molecule has 6 nitrogen and oxygen atoms in total. The SMILES string of the molecule is CCOc1ccc(/C=C/C(=O)OCC(=O)c2cc(C)n(CC)c2C)cc1OC. The van der Waals surface area contributed by atoms with Crippen LogP contribution in [0.2, 0.25) is 0 Å². The molecule has 0 aliphatic heterocycles. The number of hydrogen-bond donors (Lipinski definition) is 0. The molecule has 0 bridgehead atoms. The highest BCUT2D eigenvalue weighted by Gasteiger charge is 2.16. The maximum Gasteiger partial charge on any atom is 0.331 e. The van der Waals surface area contributed by atoms with Crippen LogP contribution in [0.25, 0.3) is 6.08 Å². The summed E-state index contributed by atoms with van der Waals surface area (Å²) in [4.78, 5) is 24.3. The summed E-state index contributed by atoms with van der Waals surface area (Å²) in [5.74, 6) is 0.432. The highest BCUT2D eigenvalue weighted by molar-refractivity contribution is 6.00. The van der Waals surface area contributed by atoms with E-state index in [9.17, 15) is 9.59 Å². The number of aryl methyl sites for hydroxylation is 1. The number of nitrogens with zero attached hydrogens (tertiary/aromatic N) is 1. The van der Waals surface area contributed by atoms with E-state index in [2.05, 4.69) is 0 Å². The van der Waals surface area contributed by atoms with E-state index in [4.69, 9.17) is 14.2 Å². The molecule has 1 heterocycles. The number of benzene rings is 1. The Labute approximate surface area is 165 Å². The maximum atomic E-state index is 12.4. The minimum absolute atomic E-state index is 0.211. The van der Waals surface area contributed by atoms with Gasteiger partial charge in [-0.2, -0.15) is 0 Å². The summed E-state index contributed by atoms with van der Waals surface area (Å²) in [6.07, 6.45) is 2.89. The van der Waals surface area contributed by atoms with Gasteiger partial charge in [-0.1, -0.05) is 6.07 Å². The van der Waals surface area contributed by atoms with Gasteiger partial charge in [-0.15, -0.1) is 0 Å². The molecule has 0 saturated carbocycles. The molecule has 2 aromatic rings. The van der Waals surface area contributed by atoms with E-state index in [0.29, 0.717) is 23.7 Å². The minimum atomic E-state index is -0.578. The Morgan fingerprint density at radius 2 is 1.86 bits per heavy atom. The summed E-state index contributed by atoms with van der Waals surface area (Å²) < 4.78 is 17.9. The fourth-order valence-corrected chi connectivity index (χ4v) is 3.06. The normalized spacial score (nSPS) is 10.9. The van der Waals surface area contributed by atoms with Crippen molar-refractivity contribution < 1.29 is 23.8 Å². The Morgan fingerprint density at radius 1 is 1.11 bits per heavy atom. The van der Waals surface area contributed by atoms with E-state index in [1.54, 1.807) is 25.3 Å². The molecule has 28 heavy (non-hydrogen) atoms. The van der Waals surface area contributed by atoms with Crippen molar-refractivity contribution in [1.29, 1.82) is 0 Å². The first-order valence-electron chi connectivity index (χ1n) is 9.26. The number of aromatic nitrogens is 1. The van der Waals surface area contributed by atoms with Gasteiger partial charge in [-0.05, 0) is 57.5 Å². The molecule has 0 saturated heterocycles. The van der Waals surface area contributed by atoms with Crippen molar-refractivity contribution in [3.63, 3.8) is 0 Å². The molecule has 0 radical (unpaired) electrons. The molecule has 6 heteroatoms. The molecular weight excluding hydrogens is 358 g/mol. The van der Waals surface area contributed by atoms with E-state index >= 15 is 0 Å². The van der Waals surface area contributed by atoms with Crippen molar-refractivity contribution in [1.82, 2.24) is 4.57 Å². The Hall–Kier alpha value is -3.02. The number of rotatable bonds is 9. The third kappa shape index (κ3) is 5.03. The average Bonchev–Trinajstić information content (AvgIpc) is 2.98. The summed E-state index contributed by atoms with van der Waals surface area (Å²) in [6, 6.07) is 7.18. The second kappa shape index (κ2) is 9.78. The lowest BCUT2D eigenvalue weighted by molar-refractivity contribution is -0.136. The number of esters is 1. The number of ether oxygens (including phenoxy) is 3.